The third-order valence-corrected chi connectivity index (χ3v) is 3.35. The summed E-state index contributed by atoms with van der Waals surface area (Å²) in [5.74, 6) is -1.32. The minimum atomic E-state index is -1.36. The van der Waals surface area contributed by atoms with Gasteiger partial charge in [-0.1, -0.05) is 11.6 Å². The van der Waals surface area contributed by atoms with Crippen LogP contribution < -0.4 is 10.6 Å². The number of aliphatic carboxylic acids is 1. The highest BCUT2D eigenvalue weighted by Crippen LogP contribution is 2.29. The standard InChI is InChI=1S/C11H12BrClN2O4/c1-5-2-6(12)8(3-7(5)13)14-11(19)15-9(4-16)10(17)18/h2-3,9,16H,4H2,1H3,(H,17,18)(H2,14,15,19)/t9-/m1/s1. The molecule has 1 rings (SSSR count). The fourth-order valence-corrected chi connectivity index (χ4v) is 1.96. The van der Waals surface area contributed by atoms with Crippen LogP contribution in [0.15, 0.2) is 16.6 Å². The highest BCUT2D eigenvalue weighted by molar-refractivity contribution is 9.10. The minimum Gasteiger partial charge on any atom is -0.480 e. The van der Waals surface area contributed by atoms with Gasteiger partial charge in [0.25, 0.3) is 0 Å². The van der Waals surface area contributed by atoms with Crippen LogP contribution in [0.3, 0.4) is 0 Å². The van der Waals surface area contributed by atoms with Crippen LogP contribution in [0.25, 0.3) is 0 Å². The number of aliphatic hydroxyl groups is 1. The second-order valence-corrected chi connectivity index (χ2v) is 5.01. The average molecular weight is 352 g/mol. The molecule has 0 radical (unpaired) electrons. The van der Waals surface area contributed by atoms with Gasteiger partial charge in [-0.05, 0) is 40.5 Å². The smallest absolute Gasteiger partial charge is 0.328 e. The zero-order valence-corrected chi connectivity index (χ0v) is 12.2. The van der Waals surface area contributed by atoms with Gasteiger partial charge in [-0.25, -0.2) is 9.59 Å². The number of urea groups is 1. The van der Waals surface area contributed by atoms with Gasteiger partial charge >= 0.3 is 12.0 Å². The lowest BCUT2D eigenvalue weighted by Crippen LogP contribution is -2.45. The Morgan fingerprint density at radius 1 is 1.47 bits per heavy atom. The summed E-state index contributed by atoms with van der Waals surface area (Å²) < 4.78 is 0.612. The van der Waals surface area contributed by atoms with E-state index < -0.39 is 24.6 Å². The maximum absolute atomic E-state index is 11.6. The number of carboxylic acid groups (broad SMARTS) is 1. The van der Waals surface area contributed by atoms with Crippen molar-refractivity contribution in [3.05, 3.63) is 27.2 Å². The molecule has 0 aliphatic rings. The number of aliphatic hydroxyl groups excluding tert-OH is 1. The van der Waals surface area contributed by atoms with Crippen molar-refractivity contribution in [1.29, 1.82) is 0 Å². The highest BCUT2D eigenvalue weighted by Gasteiger charge is 2.19. The Kier molecular flexibility index (Phi) is 5.59. The number of anilines is 1. The molecular weight excluding hydrogens is 339 g/mol. The van der Waals surface area contributed by atoms with Crippen LogP contribution in [0.2, 0.25) is 5.02 Å². The molecule has 0 aliphatic carbocycles. The molecule has 0 bridgehead atoms. The summed E-state index contributed by atoms with van der Waals surface area (Å²) in [5, 5.41) is 22.5. The second kappa shape index (κ2) is 6.74. The van der Waals surface area contributed by atoms with Gasteiger partial charge in [0.15, 0.2) is 6.04 Å². The lowest BCUT2D eigenvalue weighted by molar-refractivity contribution is -0.140. The van der Waals surface area contributed by atoms with Crippen LogP contribution in [0.4, 0.5) is 10.5 Å². The molecule has 0 heterocycles. The summed E-state index contributed by atoms with van der Waals surface area (Å²) in [6, 6.07) is 1.15. The topological polar surface area (TPSA) is 98.7 Å². The Morgan fingerprint density at radius 3 is 2.63 bits per heavy atom. The number of carbonyl (C=O) groups is 2. The molecule has 4 N–H and O–H groups in total. The molecule has 0 aliphatic heterocycles. The summed E-state index contributed by atoms with van der Waals surface area (Å²) in [6.07, 6.45) is 0. The molecule has 8 heteroatoms. The molecular formula is C11H12BrClN2O4. The molecule has 6 nitrogen and oxygen atoms in total. The Morgan fingerprint density at radius 2 is 2.11 bits per heavy atom. The van der Waals surface area contributed by atoms with E-state index in [4.69, 9.17) is 21.8 Å². The predicted octanol–water partition coefficient (Wildman–Crippen LogP) is 1.98. The zero-order valence-electron chi connectivity index (χ0n) is 9.91. The van der Waals surface area contributed by atoms with Crippen LogP contribution >= 0.6 is 27.5 Å². The van der Waals surface area contributed by atoms with Crippen molar-refractivity contribution in [1.82, 2.24) is 5.32 Å². The van der Waals surface area contributed by atoms with E-state index in [0.717, 1.165) is 5.56 Å². The van der Waals surface area contributed by atoms with Crippen LogP contribution in [-0.4, -0.2) is 34.9 Å². The number of halogens is 2. The first-order chi connectivity index (χ1) is 8.85. The molecule has 1 aromatic rings. The molecule has 0 saturated carbocycles. The molecule has 0 fully saturated rings. The normalized spacial score (nSPS) is 11.8. The maximum atomic E-state index is 11.6. The van der Waals surface area contributed by atoms with Crippen LogP contribution in [0.5, 0.6) is 0 Å². The van der Waals surface area contributed by atoms with Gasteiger partial charge in [0, 0.05) is 9.50 Å². The van der Waals surface area contributed by atoms with Crippen molar-refractivity contribution in [2.24, 2.45) is 0 Å². The van der Waals surface area contributed by atoms with Crippen molar-refractivity contribution in [2.75, 3.05) is 11.9 Å². The molecule has 2 amide bonds. The molecule has 0 unspecified atom stereocenters. The van der Waals surface area contributed by atoms with Crippen molar-refractivity contribution in [2.45, 2.75) is 13.0 Å². The summed E-state index contributed by atoms with van der Waals surface area (Å²) in [4.78, 5) is 22.2. The van der Waals surface area contributed by atoms with Crippen molar-refractivity contribution in [3.63, 3.8) is 0 Å². The Hall–Kier alpha value is -1.31. The molecule has 0 aromatic heterocycles. The first kappa shape index (κ1) is 15.7. The Bertz CT molecular complexity index is 510. The molecule has 0 spiro atoms. The van der Waals surface area contributed by atoms with Gasteiger partial charge < -0.3 is 20.8 Å². The van der Waals surface area contributed by atoms with Gasteiger partial charge in [0.2, 0.25) is 0 Å². The monoisotopic (exact) mass is 350 g/mol. The number of hydrogen-bond donors (Lipinski definition) is 4. The number of nitrogens with one attached hydrogen (secondary N) is 2. The molecule has 19 heavy (non-hydrogen) atoms. The van der Waals surface area contributed by atoms with E-state index in [1.54, 1.807) is 6.07 Å². The zero-order chi connectivity index (χ0) is 14.6. The van der Waals surface area contributed by atoms with E-state index in [1.807, 2.05) is 6.92 Å². The van der Waals surface area contributed by atoms with E-state index >= 15 is 0 Å². The first-order valence-corrected chi connectivity index (χ1v) is 6.39. The number of carbonyl (C=O) groups excluding carboxylic acids is 1. The van der Waals surface area contributed by atoms with Crippen molar-refractivity contribution < 1.29 is 19.8 Å². The number of benzene rings is 1. The van der Waals surface area contributed by atoms with E-state index in [9.17, 15) is 9.59 Å². The Balaban J connectivity index is 2.77. The van der Waals surface area contributed by atoms with Gasteiger partial charge in [-0.3, -0.25) is 0 Å². The molecule has 0 saturated heterocycles. The van der Waals surface area contributed by atoms with E-state index in [1.165, 1.54) is 6.07 Å². The van der Waals surface area contributed by atoms with E-state index in [2.05, 4.69) is 26.6 Å². The second-order valence-electron chi connectivity index (χ2n) is 3.75. The fourth-order valence-electron chi connectivity index (χ4n) is 1.24. The van der Waals surface area contributed by atoms with Gasteiger partial charge in [0.05, 0.1) is 12.3 Å². The van der Waals surface area contributed by atoms with Crippen molar-refractivity contribution >= 4 is 45.2 Å². The van der Waals surface area contributed by atoms with Crippen molar-refractivity contribution in [3.8, 4) is 0 Å². The maximum Gasteiger partial charge on any atom is 0.328 e. The number of rotatable bonds is 4. The number of aryl methyl sites for hydroxylation is 1. The lowest BCUT2D eigenvalue weighted by atomic mass is 10.2. The van der Waals surface area contributed by atoms with Gasteiger partial charge in [-0.2, -0.15) is 0 Å². The quantitative estimate of drug-likeness (QED) is 0.666. The predicted molar refractivity (Wildman–Crippen MR) is 74.6 cm³/mol. The van der Waals surface area contributed by atoms with Gasteiger partial charge in [0.1, 0.15) is 0 Å². The Labute approximate surface area is 122 Å². The van der Waals surface area contributed by atoms with Gasteiger partial charge in [-0.15, -0.1) is 0 Å². The third kappa shape index (κ3) is 4.38. The summed E-state index contributed by atoms with van der Waals surface area (Å²) in [5.41, 5.74) is 1.23. The average Bonchev–Trinajstić information content (AvgIpc) is 2.32. The summed E-state index contributed by atoms with van der Waals surface area (Å²) in [7, 11) is 0. The van der Waals surface area contributed by atoms with E-state index in [-0.39, 0.29) is 0 Å². The lowest BCUT2D eigenvalue weighted by Gasteiger charge is -2.14. The number of amides is 2. The molecule has 1 atom stereocenters. The highest BCUT2D eigenvalue weighted by atomic mass is 79.9. The van der Waals surface area contributed by atoms with Crippen LogP contribution in [0.1, 0.15) is 5.56 Å². The van der Waals surface area contributed by atoms with Crippen LogP contribution in [-0.2, 0) is 4.79 Å². The third-order valence-electron chi connectivity index (χ3n) is 2.28. The molecule has 104 valence electrons. The summed E-state index contributed by atoms with van der Waals surface area (Å²) >= 11 is 9.18. The summed E-state index contributed by atoms with van der Waals surface area (Å²) in [6.45, 7) is 1.11. The SMILES string of the molecule is Cc1cc(Br)c(NC(=O)N[C@H](CO)C(=O)O)cc1Cl. The number of carboxylic acids is 1. The fraction of sp³-hybridized carbons (Fsp3) is 0.273. The first-order valence-electron chi connectivity index (χ1n) is 5.22. The minimum absolute atomic E-state index is 0.398. The van der Waals surface area contributed by atoms with Crippen LogP contribution in [0, 0.1) is 6.92 Å². The largest absolute Gasteiger partial charge is 0.480 e. The van der Waals surface area contributed by atoms with E-state index in [0.29, 0.717) is 15.2 Å². The number of hydrogen-bond acceptors (Lipinski definition) is 3. The molecule has 1 aromatic carbocycles.